The molecule has 5 heteroatoms. The monoisotopic (exact) mass is 172 g/mol. The van der Waals surface area contributed by atoms with Crippen LogP contribution < -0.4 is 5.73 Å². The van der Waals surface area contributed by atoms with Gasteiger partial charge in [0.2, 0.25) is 11.1 Å². The van der Waals surface area contributed by atoms with Gasteiger partial charge in [-0.1, -0.05) is 0 Å². The van der Waals surface area contributed by atoms with Crippen LogP contribution in [-0.4, -0.2) is 13.7 Å². The van der Waals surface area contributed by atoms with E-state index >= 15 is 0 Å². The normalized spacial score (nSPS) is 12.9. The zero-order chi connectivity index (χ0) is 8.43. The Morgan fingerprint density at radius 3 is 2.82 bits per heavy atom. The van der Waals surface area contributed by atoms with Crippen LogP contribution in [0.3, 0.4) is 0 Å². The molecule has 0 aliphatic heterocycles. The highest BCUT2D eigenvalue weighted by atomic mass is 32.2. The molecule has 0 fully saturated rings. The maximum absolute atomic E-state index is 10.5. The molecular formula is C6H8N2O2S. The van der Waals surface area contributed by atoms with Crippen LogP contribution in [0.1, 0.15) is 5.56 Å². The molecule has 1 aromatic heterocycles. The van der Waals surface area contributed by atoms with Crippen molar-refractivity contribution >= 4 is 16.8 Å². The third-order valence-corrected chi connectivity index (χ3v) is 1.85. The van der Waals surface area contributed by atoms with Gasteiger partial charge in [-0.25, -0.2) is 9.19 Å². The first kappa shape index (κ1) is 8.16. The Labute approximate surface area is 66.7 Å². The number of hydrogen-bond acceptors (Lipinski definition) is 3. The molecule has 11 heavy (non-hydrogen) atoms. The SMILES string of the molecule is Cc1cnc(S(=O)O)c(N)c1. The molecule has 1 atom stereocenters. The highest BCUT2D eigenvalue weighted by molar-refractivity contribution is 7.79. The van der Waals surface area contributed by atoms with E-state index in [1.54, 1.807) is 6.07 Å². The molecule has 0 saturated heterocycles. The molecule has 1 aromatic rings. The van der Waals surface area contributed by atoms with Gasteiger partial charge in [-0.05, 0) is 18.6 Å². The summed E-state index contributed by atoms with van der Waals surface area (Å²) in [5.41, 5.74) is 6.53. The van der Waals surface area contributed by atoms with E-state index in [2.05, 4.69) is 4.98 Å². The third kappa shape index (κ3) is 1.75. The molecule has 1 unspecified atom stereocenters. The van der Waals surface area contributed by atoms with Crippen molar-refractivity contribution in [1.82, 2.24) is 4.98 Å². The van der Waals surface area contributed by atoms with Gasteiger partial charge in [-0.3, -0.25) is 0 Å². The fourth-order valence-corrected chi connectivity index (χ4v) is 1.13. The van der Waals surface area contributed by atoms with Crippen molar-refractivity contribution in [2.24, 2.45) is 0 Å². The predicted molar refractivity (Wildman–Crippen MR) is 42.4 cm³/mol. The summed E-state index contributed by atoms with van der Waals surface area (Å²) < 4.78 is 19.1. The molecule has 0 radical (unpaired) electrons. The Kier molecular flexibility index (Phi) is 2.21. The number of nitrogens with zero attached hydrogens (tertiary/aromatic N) is 1. The van der Waals surface area contributed by atoms with Crippen LogP contribution in [0.15, 0.2) is 17.3 Å². The number of nitrogens with two attached hydrogens (primary N) is 1. The highest BCUT2D eigenvalue weighted by Gasteiger charge is 2.05. The maximum Gasteiger partial charge on any atom is 0.207 e. The lowest BCUT2D eigenvalue weighted by Gasteiger charge is -1.99. The third-order valence-electron chi connectivity index (χ3n) is 1.18. The Balaban J connectivity index is 3.20. The van der Waals surface area contributed by atoms with Crippen molar-refractivity contribution in [3.05, 3.63) is 17.8 Å². The quantitative estimate of drug-likeness (QED) is 0.606. The van der Waals surface area contributed by atoms with Crippen LogP contribution >= 0.6 is 0 Å². The Bertz CT molecular complexity index is 301. The summed E-state index contributed by atoms with van der Waals surface area (Å²) in [4.78, 5) is 3.70. The van der Waals surface area contributed by atoms with Crippen LogP contribution in [0.25, 0.3) is 0 Å². The maximum atomic E-state index is 10.5. The average molecular weight is 172 g/mol. The summed E-state index contributed by atoms with van der Waals surface area (Å²) in [6.07, 6.45) is 1.50. The van der Waals surface area contributed by atoms with Crippen LogP contribution in [0.4, 0.5) is 5.69 Å². The largest absolute Gasteiger partial charge is 0.396 e. The minimum Gasteiger partial charge on any atom is -0.396 e. The summed E-state index contributed by atoms with van der Waals surface area (Å²) >= 11 is -2.08. The molecule has 0 bridgehead atoms. The van der Waals surface area contributed by atoms with Crippen molar-refractivity contribution in [2.75, 3.05) is 5.73 Å². The Morgan fingerprint density at radius 1 is 1.73 bits per heavy atom. The van der Waals surface area contributed by atoms with Gasteiger partial charge < -0.3 is 10.3 Å². The smallest absolute Gasteiger partial charge is 0.207 e. The lowest BCUT2D eigenvalue weighted by atomic mass is 10.3. The van der Waals surface area contributed by atoms with Crippen LogP contribution in [0.2, 0.25) is 0 Å². The lowest BCUT2D eigenvalue weighted by molar-refractivity contribution is 0.561. The minimum absolute atomic E-state index is 0.0237. The molecular weight excluding hydrogens is 164 g/mol. The molecule has 0 saturated carbocycles. The molecule has 3 N–H and O–H groups in total. The fourth-order valence-electron chi connectivity index (χ4n) is 0.725. The number of pyridine rings is 1. The van der Waals surface area contributed by atoms with E-state index in [0.29, 0.717) is 0 Å². The summed E-state index contributed by atoms with van der Waals surface area (Å²) in [6.45, 7) is 1.81. The van der Waals surface area contributed by atoms with Gasteiger partial charge in [0.05, 0.1) is 5.69 Å². The van der Waals surface area contributed by atoms with Crippen LogP contribution in [0.5, 0.6) is 0 Å². The summed E-state index contributed by atoms with van der Waals surface area (Å²) in [6, 6.07) is 1.61. The highest BCUT2D eigenvalue weighted by Crippen LogP contribution is 2.12. The van der Waals surface area contributed by atoms with Gasteiger partial charge in [0.1, 0.15) is 0 Å². The number of nitrogen functional groups attached to an aromatic ring is 1. The molecule has 0 spiro atoms. The minimum atomic E-state index is -2.08. The topological polar surface area (TPSA) is 76.2 Å². The Morgan fingerprint density at radius 2 is 2.36 bits per heavy atom. The van der Waals surface area contributed by atoms with Crippen molar-refractivity contribution in [3.63, 3.8) is 0 Å². The number of aromatic nitrogens is 1. The second-order valence-corrected chi connectivity index (χ2v) is 3.04. The second kappa shape index (κ2) is 2.98. The van der Waals surface area contributed by atoms with Gasteiger partial charge in [0, 0.05) is 6.20 Å². The van der Waals surface area contributed by atoms with Gasteiger partial charge in [0.25, 0.3) is 0 Å². The van der Waals surface area contributed by atoms with Crippen molar-refractivity contribution in [1.29, 1.82) is 0 Å². The molecule has 60 valence electrons. The number of rotatable bonds is 1. The molecule has 0 aliphatic rings. The average Bonchev–Trinajstić information content (AvgIpc) is 1.85. The van der Waals surface area contributed by atoms with E-state index in [9.17, 15) is 4.21 Å². The molecule has 1 heterocycles. The zero-order valence-corrected chi connectivity index (χ0v) is 6.76. The van der Waals surface area contributed by atoms with E-state index in [1.807, 2.05) is 6.92 Å². The van der Waals surface area contributed by atoms with Gasteiger partial charge in [0.15, 0.2) is 5.03 Å². The van der Waals surface area contributed by atoms with Gasteiger partial charge in [-0.2, -0.15) is 0 Å². The van der Waals surface area contributed by atoms with E-state index in [-0.39, 0.29) is 10.7 Å². The number of aryl methyl sites for hydroxylation is 1. The molecule has 0 aromatic carbocycles. The first-order chi connectivity index (χ1) is 5.11. The molecule has 0 amide bonds. The van der Waals surface area contributed by atoms with Crippen LogP contribution in [-0.2, 0) is 11.1 Å². The standard InChI is InChI=1S/C6H8N2O2S/c1-4-2-5(7)6(8-3-4)11(9)10/h2-3H,7H2,1H3,(H,9,10). The fraction of sp³-hybridized carbons (Fsp3) is 0.167. The van der Waals surface area contributed by atoms with E-state index in [1.165, 1.54) is 6.20 Å². The zero-order valence-electron chi connectivity index (χ0n) is 5.94. The molecule has 0 aliphatic carbocycles. The number of anilines is 1. The summed E-state index contributed by atoms with van der Waals surface area (Å²) in [7, 11) is 0. The van der Waals surface area contributed by atoms with E-state index in [4.69, 9.17) is 10.3 Å². The number of hydrogen-bond donors (Lipinski definition) is 2. The van der Waals surface area contributed by atoms with Crippen molar-refractivity contribution in [3.8, 4) is 0 Å². The van der Waals surface area contributed by atoms with Crippen molar-refractivity contribution in [2.45, 2.75) is 11.9 Å². The van der Waals surface area contributed by atoms with Gasteiger partial charge in [-0.15, -0.1) is 0 Å². The van der Waals surface area contributed by atoms with Crippen LogP contribution in [0, 0.1) is 6.92 Å². The van der Waals surface area contributed by atoms with E-state index in [0.717, 1.165) is 5.56 Å². The molecule has 4 nitrogen and oxygen atoms in total. The van der Waals surface area contributed by atoms with Gasteiger partial charge >= 0.3 is 0 Å². The summed E-state index contributed by atoms with van der Waals surface area (Å²) in [5, 5.41) is 0.0237. The first-order valence-corrected chi connectivity index (χ1v) is 4.05. The van der Waals surface area contributed by atoms with Crippen molar-refractivity contribution < 1.29 is 8.76 Å². The summed E-state index contributed by atoms with van der Waals surface area (Å²) in [5.74, 6) is 0. The predicted octanol–water partition coefficient (Wildman–Crippen LogP) is 0.553. The second-order valence-electron chi connectivity index (χ2n) is 2.16. The first-order valence-electron chi connectivity index (χ1n) is 2.94. The Hall–Kier alpha value is -0.940. The molecule has 1 rings (SSSR count). The lowest BCUT2D eigenvalue weighted by Crippen LogP contribution is -1.99. The van der Waals surface area contributed by atoms with E-state index < -0.39 is 11.1 Å².